The predicted molar refractivity (Wildman–Crippen MR) is 76.1 cm³/mol. The van der Waals surface area contributed by atoms with Gasteiger partial charge in [0, 0.05) is 5.02 Å². The van der Waals surface area contributed by atoms with Crippen molar-refractivity contribution < 1.29 is 19.1 Å². The third-order valence-electron chi connectivity index (χ3n) is 2.53. The van der Waals surface area contributed by atoms with E-state index in [0.29, 0.717) is 10.6 Å². The Balaban J connectivity index is 2.21. The van der Waals surface area contributed by atoms with E-state index in [2.05, 4.69) is 4.74 Å². The van der Waals surface area contributed by atoms with Gasteiger partial charge in [-0.3, -0.25) is 19.3 Å². The van der Waals surface area contributed by atoms with Crippen molar-refractivity contribution >= 4 is 46.6 Å². The van der Waals surface area contributed by atoms with E-state index in [1.54, 1.807) is 30.3 Å². The average Bonchev–Trinajstić information content (AvgIpc) is 2.66. The zero-order valence-corrected chi connectivity index (χ0v) is 12.0. The van der Waals surface area contributed by atoms with E-state index in [1.807, 2.05) is 0 Å². The highest BCUT2D eigenvalue weighted by Crippen LogP contribution is 2.32. The molecule has 7 heteroatoms. The number of rotatable bonds is 3. The van der Waals surface area contributed by atoms with Gasteiger partial charge in [-0.2, -0.15) is 0 Å². The molecule has 1 aliphatic heterocycles. The summed E-state index contributed by atoms with van der Waals surface area (Å²) in [6.45, 7) is -0.381. The first-order valence-corrected chi connectivity index (χ1v) is 6.78. The number of ether oxygens (including phenoxy) is 1. The second-order valence-electron chi connectivity index (χ2n) is 3.90. The number of carbonyl (C=O) groups is 3. The number of carbonyl (C=O) groups excluding carboxylic acids is 3. The van der Waals surface area contributed by atoms with Gasteiger partial charge in [0.25, 0.3) is 11.1 Å². The number of hydrogen-bond acceptors (Lipinski definition) is 5. The molecule has 0 aliphatic carbocycles. The molecule has 104 valence electrons. The number of imide groups is 1. The van der Waals surface area contributed by atoms with Crippen LogP contribution in [0.2, 0.25) is 5.02 Å². The van der Waals surface area contributed by atoms with E-state index in [4.69, 9.17) is 11.6 Å². The molecule has 5 nitrogen and oxygen atoms in total. The van der Waals surface area contributed by atoms with Gasteiger partial charge in [0.15, 0.2) is 0 Å². The summed E-state index contributed by atoms with van der Waals surface area (Å²) < 4.78 is 4.45. The lowest BCUT2D eigenvalue weighted by molar-refractivity contribution is -0.143. The molecule has 1 aliphatic rings. The Hall–Kier alpha value is -1.79. The van der Waals surface area contributed by atoms with Crippen molar-refractivity contribution in [1.82, 2.24) is 4.90 Å². The fourth-order valence-electron chi connectivity index (χ4n) is 1.58. The largest absolute Gasteiger partial charge is 0.468 e. The minimum atomic E-state index is -0.642. The molecule has 0 saturated carbocycles. The third kappa shape index (κ3) is 3.20. The lowest BCUT2D eigenvalue weighted by Crippen LogP contribution is -2.34. The number of halogens is 1. The summed E-state index contributed by atoms with van der Waals surface area (Å²) in [5.74, 6) is -1.15. The number of hydrogen-bond donors (Lipinski definition) is 0. The minimum absolute atomic E-state index is 0.251. The summed E-state index contributed by atoms with van der Waals surface area (Å²) in [6, 6.07) is 6.89. The Morgan fingerprint density at radius 3 is 2.85 bits per heavy atom. The first kappa shape index (κ1) is 14.6. The van der Waals surface area contributed by atoms with Crippen LogP contribution in [0.3, 0.4) is 0 Å². The van der Waals surface area contributed by atoms with Crippen LogP contribution in [0, 0.1) is 0 Å². The first-order valence-electron chi connectivity index (χ1n) is 5.59. The van der Waals surface area contributed by atoms with Crippen molar-refractivity contribution in [2.75, 3.05) is 13.7 Å². The fraction of sp³-hybridized carbons (Fsp3) is 0.154. The zero-order valence-electron chi connectivity index (χ0n) is 10.5. The SMILES string of the molecule is COC(=O)CN1C(=O)SC(=Cc2cccc(Cl)c2)C1=O. The maximum absolute atomic E-state index is 12.0. The molecule has 1 aromatic carbocycles. The Bertz CT molecular complexity index is 614. The highest BCUT2D eigenvalue weighted by Gasteiger charge is 2.36. The minimum Gasteiger partial charge on any atom is -0.468 e. The summed E-state index contributed by atoms with van der Waals surface area (Å²) in [5, 5.41) is 0.0428. The lowest BCUT2D eigenvalue weighted by atomic mass is 10.2. The normalized spacial score (nSPS) is 16.9. The Morgan fingerprint density at radius 2 is 2.20 bits per heavy atom. The van der Waals surface area contributed by atoms with Crippen LogP contribution < -0.4 is 0 Å². The predicted octanol–water partition coefficient (Wildman–Crippen LogP) is 2.55. The van der Waals surface area contributed by atoms with Gasteiger partial charge in [-0.05, 0) is 35.5 Å². The maximum atomic E-state index is 12.0. The molecule has 2 amide bonds. The van der Waals surface area contributed by atoms with E-state index >= 15 is 0 Å². The topological polar surface area (TPSA) is 63.7 Å². The monoisotopic (exact) mass is 311 g/mol. The smallest absolute Gasteiger partial charge is 0.325 e. The molecule has 0 atom stereocenters. The number of methoxy groups -OCH3 is 1. The van der Waals surface area contributed by atoms with Crippen LogP contribution in [0.5, 0.6) is 0 Å². The van der Waals surface area contributed by atoms with Gasteiger partial charge in [-0.15, -0.1) is 0 Å². The van der Waals surface area contributed by atoms with Crippen LogP contribution in [-0.2, 0) is 14.3 Å². The summed E-state index contributed by atoms with van der Waals surface area (Å²) in [7, 11) is 1.20. The highest BCUT2D eigenvalue weighted by atomic mass is 35.5. The number of nitrogens with zero attached hydrogens (tertiary/aromatic N) is 1. The molecular formula is C13H10ClNO4S. The van der Waals surface area contributed by atoms with E-state index in [1.165, 1.54) is 7.11 Å². The molecule has 0 radical (unpaired) electrons. The van der Waals surface area contributed by atoms with Crippen LogP contribution in [-0.4, -0.2) is 35.7 Å². The van der Waals surface area contributed by atoms with Crippen molar-refractivity contribution in [2.45, 2.75) is 0 Å². The second-order valence-corrected chi connectivity index (χ2v) is 5.33. The molecule has 1 heterocycles. The number of thioether (sulfide) groups is 1. The highest BCUT2D eigenvalue weighted by molar-refractivity contribution is 8.18. The van der Waals surface area contributed by atoms with Crippen LogP contribution in [0.4, 0.5) is 4.79 Å². The molecule has 1 fully saturated rings. The first-order chi connectivity index (χ1) is 9.51. The Labute approximate surface area is 124 Å². The summed E-state index contributed by atoms with van der Waals surface area (Å²) in [6.07, 6.45) is 1.56. The van der Waals surface area contributed by atoms with Crippen molar-refractivity contribution in [3.63, 3.8) is 0 Å². The van der Waals surface area contributed by atoms with Gasteiger partial charge < -0.3 is 4.74 Å². The van der Waals surface area contributed by atoms with E-state index in [-0.39, 0.29) is 11.4 Å². The molecule has 0 N–H and O–H groups in total. The van der Waals surface area contributed by atoms with Gasteiger partial charge in [0.05, 0.1) is 12.0 Å². The van der Waals surface area contributed by atoms with E-state index in [0.717, 1.165) is 16.7 Å². The van der Waals surface area contributed by atoms with Crippen molar-refractivity contribution in [3.05, 3.63) is 39.8 Å². The second kappa shape index (κ2) is 6.11. The lowest BCUT2D eigenvalue weighted by Gasteiger charge is -2.09. The fourth-order valence-corrected chi connectivity index (χ4v) is 2.61. The zero-order chi connectivity index (χ0) is 14.7. The molecule has 20 heavy (non-hydrogen) atoms. The molecule has 0 aromatic heterocycles. The summed E-state index contributed by atoms with van der Waals surface area (Å²) >= 11 is 6.63. The average molecular weight is 312 g/mol. The molecule has 1 saturated heterocycles. The van der Waals surface area contributed by atoms with Gasteiger partial charge in [-0.1, -0.05) is 23.7 Å². The van der Waals surface area contributed by atoms with Crippen molar-refractivity contribution in [1.29, 1.82) is 0 Å². The number of benzene rings is 1. The third-order valence-corrected chi connectivity index (χ3v) is 3.68. The van der Waals surface area contributed by atoms with Crippen molar-refractivity contribution in [2.24, 2.45) is 0 Å². The van der Waals surface area contributed by atoms with Gasteiger partial charge in [0.1, 0.15) is 6.54 Å². The van der Waals surface area contributed by atoms with Gasteiger partial charge >= 0.3 is 5.97 Å². The standard InChI is InChI=1S/C13H10ClNO4S/c1-19-11(16)7-15-12(17)10(20-13(15)18)6-8-3-2-4-9(14)5-8/h2-6H,7H2,1H3. The number of esters is 1. The van der Waals surface area contributed by atoms with Gasteiger partial charge in [0.2, 0.25) is 0 Å². The Kier molecular flexibility index (Phi) is 4.46. The molecule has 0 unspecified atom stereocenters. The summed E-state index contributed by atoms with van der Waals surface area (Å²) in [4.78, 5) is 36.0. The Morgan fingerprint density at radius 1 is 1.45 bits per heavy atom. The van der Waals surface area contributed by atoms with Crippen LogP contribution in [0.25, 0.3) is 6.08 Å². The quantitative estimate of drug-likeness (QED) is 0.634. The van der Waals surface area contributed by atoms with Crippen molar-refractivity contribution in [3.8, 4) is 0 Å². The van der Waals surface area contributed by atoms with E-state index in [9.17, 15) is 14.4 Å². The van der Waals surface area contributed by atoms with Crippen LogP contribution in [0.15, 0.2) is 29.2 Å². The molecular weight excluding hydrogens is 302 g/mol. The van der Waals surface area contributed by atoms with Gasteiger partial charge in [-0.25, -0.2) is 0 Å². The summed E-state index contributed by atoms with van der Waals surface area (Å²) in [5.41, 5.74) is 0.709. The van der Waals surface area contributed by atoms with E-state index < -0.39 is 17.1 Å². The number of amides is 2. The van der Waals surface area contributed by atoms with Crippen LogP contribution in [0.1, 0.15) is 5.56 Å². The van der Waals surface area contributed by atoms with Crippen LogP contribution >= 0.6 is 23.4 Å². The maximum Gasteiger partial charge on any atom is 0.325 e. The molecule has 2 rings (SSSR count). The molecule has 0 spiro atoms. The molecule has 0 bridgehead atoms. The molecule has 1 aromatic rings.